The molecule has 0 radical (unpaired) electrons. The number of nitrogens with zero attached hydrogens (tertiary/aromatic N) is 3. The number of benzene rings is 1. The highest BCUT2D eigenvalue weighted by molar-refractivity contribution is 6.75. The first-order chi connectivity index (χ1) is 12.0. The van der Waals surface area contributed by atoms with Crippen molar-refractivity contribution in [2.75, 3.05) is 0 Å². The fraction of sp³-hybridized carbons (Fsp3) is 0.500. The molecule has 1 aromatic carbocycles. The molecule has 0 atom stereocenters. The lowest BCUT2D eigenvalue weighted by Gasteiger charge is -2.22. The van der Waals surface area contributed by atoms with Crippen LogP contribution in [-0.2, 0) is 13.6 Å². The molecule has 0 aromatic heterocycles. The Morgan fingerprint density at radius 1 is 0.720 bits per heavy atom. The lowest BCUT2D eigenvalue weighted by Crippen LogP contribution is -2.54. The molecule has 0 saturated heterocycles. The molecule has 25 heavy (non-hydrogen) atoms. The second-order valence-electron chi connectivity index (χ2n) is 5.74. The summed E-state index contributed by atoms with van der Waals surface area (Å²) >= 11 is 0. The Morgan fingerprint density at radius 3 is 1.40 bits per heavy atom. The average Bonchev–Trinajstić information content (AvgIpc) is 2.67. The van der Waals surface area contributed by atoms with Crippen LogP contribution in [0.5, 0.6) is 0 Å². The SMILES string of the molecule is CCC(C)=NO[Si](ON=C(C)CC)(ON=C(C)CC)c1ccccc1. The molecule has 6 nitrogen and oxygen atoms in total. The normalized spacial score (nSPS) is 15.5. The summed E-state index contributed by atoms with van der Waals surface area (Å²) in [5.74, 6) is 0. The molecule has 0 amide bonds. The van der Waals surface area contributed by atoms with E-state index in [2.05, 4.69) is 15.5 Å². The fourth-order valence-corrected chi connectivity index (χ4v) is 3.30. The summed E-state index contributed by atoms with van der Waals surface area (Å²) < 4.78 is 17.5. The quantitative estimate of drug-likeness (QED) is 0.355. The molecule has 0 aliphatic heterocycles. The zero-order valence-electron chi connectivity index (χ0n) is 16.1. The Hall–Kier alpha value is -2.15. The van der Waals surface area contributed by atoms with Gasteiger partial charge in [-0.3, -0.25) is 0 Å². The zero-order chi connectivity index (χ0) is 18.7. The van der Waals surface area contributed by atoms with E-state index in [4.69, 9.17) is 13.6 Å². The number of oxime groups is 3. The number of hydrogen-bond donors (Lipinski definition) is 0. The molecular formula is C18H29N3O3Si. The van der Waals surface area contributed by atoms with E-state index < -0.39 is 8.80 Å². The van der Waals surface area contributed by atoms with Gasteiger partial charge >= 0.3 is 8.80 Å². The molecule has 0 heterocycles. The molecule has 1 rings (SSSR count). The highest BCUT2D eigenvalue weighted by Gasteiger charge is 2.55. The molecule has 0 saturated carbocycles. The molecule has 0 spiro atoms. The maximum absolute atomic E-state index is 5.83. The van der Waals surface area contributed by atoms with Gasteiger partial charge in [-0.25, -0.2) is 0 Å². The van der Waals surface area contributed by atoms with Gasteiger partial charge in [-0.15, -0.1) is 15.5 Å². The Labute approximate surface area is 151 Å². The first-order valence-corrected chi connectivity index (χ1v) is 10.4. The molecule has 1 aromatic rings. The maximum Gasteiger partial charge on any atom is 0.800 e. The molecule has 0 bridgehead atoms. The van der Waals surface area contributed by atoms with Crippen LogP contribution in [0.4, 0.5) is 0 Å². The van der Waals surface area contributed by atoms with Crippen LogP contribution in [0.15, 0.2) is 45.8 Å². The summed E-state index contributed by atoms with van der Waals surface area (Å²) in [5, 5.41) is 13.3. The second-order valence-corrected chi connectivity index (χ2v) is 7.97. The van der Waals surface area contributed by atoms with Gasteiger partial charge in [-0.1, -0.05) is 51.1 Å². The Balaban J connectivity index is 3.34. The summed E-state index contributed by atoms with van der Waals surface area (Å²) in [4.78, 5) is 0. The third kappa shape index (κ3) is 6.70. The van der Waals surface area contributed by atoms with Crippen LogP contribution >= 0.6 is 0 Å². The van der Waals surface area contributed by atoms with Crippen molar-refractivity contribution in [1.29, 1.82) is 0 Å². The standard InChI is InChI=1S/C18H29N3O3Si/c1-7-15(4)19-22-25(23-20-16(5)8-2,24-21-17(6)9-3)18-13-11-10-12-14-18/h10-14H,7-9H2,1-6H3. The minimum Gasteiger partial charge on any atom is -0.370 e. The monoisotopic (exact) mass is 363 g/mol. The molecule has 0 unspecified atom stereocenters. The van der Waals surface area contributed by atoms with E-state index in [1.165, 1.54) is 0 Å². The van der Waals surface area contributed by atoms with Gasteiger partial charge in [0.2, 0.25) is 0 Å². The van der Waals surface area contributed by atoms with Crippen molar-refractivity contribution in [3.63, 3.8) is 0 Å². The van der Waals surface area contributed by atoms with Gasteiger partial charge in [0, 0.05) is 0 Å². The van der Waals surface area contributed by atoms with Gasteiger partial charge < -0.3 is 13.6 Å². The van der Waals surface area contributed by atoms with Gasteiger partial charge in [0.05, 0.1) is 22.3 Å². The Kier molecular flexibility index (Phi) is 8.91. The van der Waals surface area contributed by atoms with Crippen LogP contribution in [0.25, 0.3) is 0 Å². The van der Waals surface area contributed by atoms with Gasteiger partial charge in [0.25, 0.3) is 0 Å². The van der Waals surface area contributed by atoms with E-state index in [1.54, 1.807) is 0 Å². The van der Waals surface area contributed by atoms with Crippen LogP contribution in [0.2, 0.25) is 0 Å². The third-order valence-corrected chi connectivity index (χ3v) is 5.66. The third-order valence-electron chi connectivity index (χ3n) is 3.63. The summed E-state index contributed by atoms with van der Waals surface area (Å²) in [6.07, 6.45) is 2.31. The minimum atomic E-state index is -3.47. The number of rotatable bonds is 10. The molecule has 0 aliphatic rings. The second kappa shape index (κ2) is 10.7. The van der Waals surface area contributed by atoms with Crippen molar-refractivity contribution in [2.45, 2.75) is 60.8 Å². The van der Waals surface area contributed by atoms with E-state index in [1.807, 2.05) is 71.9 Å². The van der Waals surface area contributed by atoms with Crippen LogP contribution in [-0.4, -0.2) is 25.9 Å². The van der Waals surface area contributed by atoms with E-state index in [-0.39, 0.29) is 0 Å². The van der Waals surface area contributed by atoms with E-state index in [0.29, 0.717) is 0 Å². The highest BCUT2D eigenvalue weighted by Crippen LogP contribution is 2.14. The lowest BCUT2D eigenvalue weighted by molar-refractivity contribution is 0.0800. The molecule has 138 valence electrons. The molecule has 7 heteroatoms. The van der Waals surface area contributed by atoms with E-state index >= 15 is 0 Å². The summed E-state index contributed by atoms with van der Waals surface area (Å²) in [6.45, 7) is 11.7. The van der Waals surface area contributed by atoms with Gasteiger partial charge in [-0.05, 0) is 40.0 Å². The van der Waals surface area contributed by atoms with Crippen LogP contribution in [0.3, 0.4) is 0 Å². The summed E-state index contributed by atoms with van der Waals surface area (Å²) in [6, 6.07) is 9.49. The maximum atomic E-state index is 5.83. The van der Waals surface area contributed by atoms with Crippen LogP contribution < -0.4 is 5.19 Å². The van der Waals surface area contributed by atoms with Gasteiger partial charge in [0.15, 0.2) is 0 Å². The summed E-state index contributed by atoms with van der Waals surface area (Å²) in [7, 11) is -3.47. The van der Waals surface area contributed by atoms with Crippen molar-refractivity contribution in [2.24, 2.45) is 15.5 Å². The summed E-state index contributed by atoms with van der Waals surface area (Å²) in [5.41, 5.74) is 2.52. The lowest BCUT2D eigenvalue weighted by atomic mass is 10.3. The zero-order valence-corrected chi connectivity index (χ0v) is 17.1. The van der Waals surface area contributed by atoms with Crippen molar-refractivity contribution >= 4 is 31.1 Å². The predicted molar refractivity (Wildman–Crippen MR) is 105 cm³/mol. The largest absolute Gasteiger partial charge is 0.800 e. The first kappa shape index (κ1) is 20.9. The van der Waals surface area contributed by atoms with Gasteiger partial charge in [-0.2, -0.15) is 0 Å². The van der Waals surface area contributed by atoms with Crippen molar-refractivity contribution in [3.05, 3.63) is 30.3 Å². The van der Waals surface area contributed by atoms with Crippen LogP contribution in [0.1, 0.15) is 60.8 Å². The average molecular weight is 364 g/mol. The topological polar surface area (TPSA) is 64.8 Å². The molecule has 0 aliphatic carbocycles. The minimum absolute atomic E-state index is 0.753. The fourth-order valence-electron chi connectivity index (χ4n) is 1.46. The van der Waals surface area contributed by atoms with Crippen molar-refractivity contribution in [3.8, 4) is 0 Å². The Morgan fingerprint density at radius 2 is 1.08 bits per heavy atom. The van der Waals surface area contributed by atoms with E-state index in [9.17, 15) is 0 Å². The molecular weight excluding hydrogens is 334 g/mol. The van der Waals surface area contributed by atoms with Gasteiger partial charge in [0.1, 0.15) is 0 Å². The Bertz CT molecular complexity index is 560. The molecule has 0 fully saturated rings. The number of hydrogen-bond acceptors (Lipinski definition) is 6. The van der Waals surface area contributed by atoms with E-state index in [0.717, 1.165) is 41.6 Å². The molecule has 0 N–H and O–H groups in total. The highest BCUT2D eigenvalue weighted by atomic mass is 28.4. The first-order valence-electron chi connectivity index (χ1n) is 8.67. The smallest absolute Gasteiger partial charge is 0.370 e. The van der Waals surface area contributed by atoms with Crippen LogP contribution in [0, 0.1) is 0 Å². The van der Waals surface area contributed by atoms with Crippen molar-refractivity contribution < 1.29 is 13.6 Å². The predicted octanol–water partition coefficient (Wildman–Crippen LogP) is 4.24. The van der Waals surface area contributed by atoms with Crippen molar-refractivity contribution in [1.82, 2.24) is 0 Å².